The molecule has 0 unspecified atom stereocenters. The fourth-order valence-corrected chi connectivity index (χ4v) is 43.4. The Bertz CT molecular complexity index is 9940. The molecule has 10 nitrogen and oxygen atoms in total. The number of imidazole rings is 5. The number of para-hydroxylation sites is 1. The van der Waals surface area contributed by atoms with Gasteiger partial charge in [0.25, 0.3) is 0 Å². The van der Waals surface area contributed by atoms with Crippen molar-refractivity contribution in [1.82, 2.24) is 46.9 Å². The minimum atomic E-state index is -2.55. The minimum absolute atomic E-state index is 0.128. The van der Waals surface area contributed by atoms with Crippen molar-refractivity contribution >= 4 is 210 Å². The van der Waals surface area contributed by atoms with Gasteiger partial charge in [0.1, 0.15) is 46.1 Å². The highest BCUT2D eigenvalue weighted by Crippen LogP contribution is 2.61. The van der Waals surface area contributed by atoms with Crippen molar-refractivity contribution in [2.24, 2.45) is 0 Å². The van der Waals surface area contributed by atoms with Gasteiger partial charge < -0.3 is 0 Å². The fraction of sp³-hybridized carbons (Fsp3) is 0.178. The Kier molecular flexibility index (Phi) is 20.8. The van der Waals surface area contributed by atoms with Gasteiger partial charge in [0, 0.05) is 91.1 Å². The molecule has 732 valence electrons. The Balaban J connectivity index is 0.0000000928. The molecule has 31 rings (SSSR count). The number of aryl methyl sites for hydroxylation is 9. The lowest BCUT2D eigenvalue weighted by atomic mass is 9.82. The summed E-state index contributed by atoms with van der Waals surface area (Å²) < 4.78 is 11.7. The molecule has 15 heteroatoms. The highest BCUT2D eigenvalue weighted by molar-refractivity contribution is 8.01. The number of aromatic nitrogens is 10. The van der Waals surface area contributed by atoms with Crippen LogP contribution in [0, 0.1) is 62.3 Å². The van der Waals surface area contributed by atoms with Crippen LogP contribution in [0.3, 0.4) is 0 Å². The number of thioether (sulfide) groups is 2. The quantitative estimate of drug-likeness (QED) is 0.121. The summed E-state index contributed by atoms with van der Waals surface area (Å²) in [6, 6.07) is 136. The second kappa shape index (κ2) is 33.5. The Labute approximate surface area is 886 Å². The third kappa shape index (κ3) is 12.5. The van der Waals surface area contributed by atoms with Crippen LogP contribution < -0.4 is 26.1 Å². The molecule has 150 heavy (non-hydrogen) atoms. The topological polar surface area (TPSA) is 86.5 Å². The van der Waals surface area contributed by atoms with Crippen LogP contribution in [0.1, 0.15) is 143 Å². The van der Waals surface area contributed by atoms with Gasteiger partial charge in [-0.25, -0.2) is 24.9 Å². The zero-order valence-corrected chi connectivity index (χ0v) is 93.1. The molecule has 0 spiro atoms. The van der Waals surface area contributed by atoms with Crippen LogP contribution in [-0.2, 0) is 24.6 Å². The van der Waals surface area contributed by atoms with Crippen LogP contribution in [0.5, 0.6) is 0 Å². The molecule has 15 heterocycles. The lowest BCUT2D eigenvalue weighted by Crippen LogP contribution is -2.78. The largest absolute Gasteiger partial charge is 0.300 e. The first-order valence-corrected chi connectivity index (χ1v) is 62.5. The van der Waals surface area contributed by atoms with Gasteiger partial charge in [0.15, 0.2) is 8.07 Å². The number of nitrogens with zero attached hydrogens (tertiary/aromatic N) is 10. The van der Waals surface area contributed by atoms with E-state index in [4.69, 9.17) is 24.9 Å². The van der Waals surface area contributed by atoms with E-state index in [1.54, 1.807) is 5.19 Å². The summed E-state index contributed by atoms with van der Waals surface area (Å²) in [7, 11) is -6.01. The van der Waals surface area contributed by atoms with Gasteiger partial charge in [0.05, 0.1) is 74.6 Å². The standard InChI is InChI=1S/C32H28N2Si.C30H22N2S.C29H20N2S.2C22H24N2Si/c1-21-19-20-27-29-28(21)25-17-11-12-18-26(25)31-33-22(2)30(34(29)31)32(3,4)35(27,23-13-7-5-8-14-23)24-15-9-6-10-16-24;1-19-17-18-25-27-26(19)23-15-9-10-16-24(23)29-31-20(2)28(32(27)29)30(33-25,21-11-5-3-6-12-21)22-13-7-4-8-14-22;1-19-28-31-26-23(22-15-8-9-16-24(22)27(31)30-19)17-10-18-25(26)29(32-28,20-11-4-2-5-12-20)21-13-6-3-7-14-21;1-13-11-12-17-19-18(13)15-9-7-8-10-16(15)20-23-14(2)21(24(19)20)25(5,6)22(17,3)4;1-13-11-12-17-19-18(13)15-9-7-8-10-16(15)21-23-14(2)20(24(19)21)22(3,4)25(17,5)6/h5-20H,1-4H3;3-18H,1-2H3;2-18H,1H3;2*7-12H,1-6H3. The average Bonchev–Trinajstić information content (AvgIpc) is 1.37. The van der Waals surface area contributed by atoms with Crippen LogP contribution in [-0.4, -0.2) is 71.1 Å². The summed E-state index contributed by atoms with van der Waals surface area (Å²) in [6.45, 7) is 44.6. The van der Waals surface area contributed by atoms with Gasteiger partial charge in [-0.2, -0.15) is 0 Å². The third-order valence-electron chi connectivity index (χ3n) is 36.0. The number of pyridine rings is 5. The molecule has 0 bridgehead atoms. The minimum Gasteiger partial charge on any atom is -0.300 e. The summed E-state index contributed by atoms with van der Waals surface area (Å²) in [4.78, 5) is 27.0. The van der Waals surface area contributed by atoms with E-state index in [9.17, 15) is 0 Å². The number of benzene rings is 16. The van der Waals surface area contributed by atoms with Crippen molar-refractivity contribution in [3.8, 4) is 0 Å². The van der Waals surface area contributed by atoms with E-state index in [0.717, 1.165) is 45.3 Å². The second-order valence-electron chi connectivity index (χ2n) is 45.1. The van der Waals surface area contributed by atoms with E-state index in [1.807, 2.05) is 23.5 Å². The molecule has 16 aromatic carbocycles. The maximum absolute atomic E-state index is 5.26. The molecule has 26 aromatic rings. The van der Waals surface area contributed by atoms with Crippen molar-refractivity contribution in [2.75, 3.05) is 0 Å². The number of rotatable bonds is 6. The molecule has 0 amide bonds. The highest BCUT2D eigenvalue weighted by Gasteiger charge is 2.59. The molecule has 0 fully saturated rings. The molecule has 0 aliphatic carbocycles. The Hall–Kier alpha value is -15.1. The van der Waals surface area contributed by atoms with E-state index in [0.29, 0.717) is 0 Å². The monoisotopic (exact) mass is 2030 g/mol. The molecule has 5 aliphatic rings. The lowest BCUT2D eigenvalue weighted by molar-refractivity contribution is 0.679. The Morgan fingerprint density at radius 1 is 0.227 bits per heavy atom. The van der Waals surface area contributed by atoms with Crippen molar-refractivity contribution in [3.05, 3.63) is 471 Å². The lowest BCUT2D eigenvalue weighted by Gasteiger charge is -2.49. The zero-order valence-electron chi connectivity index (χ0n) is 88.5. The van der Waals surface area contributed by atoms with Gasteiger partial charge in [-0.05, 0) is 171 Å². The van der Waals surface area contributed by atoms with Crippen molar-refractivity contribution in [2.45, 2.75) is 165 Å². The molecule has 5 aliphatic heterocycles. The van der Waals surface area contributed by atoms with Gasteiger partial charge in [0.2, 0.25) is 0 Å². The van der Waals surface area contributed by atoms with Crippen molar-refractivity contribution in [1.29, 1.82) is 0 Å². The molecular formula is C135H118N10S2Si3. The molecular weight excluding hydrogens is 1910 g/mol. The molecule has 0 saturated heterocycles. The first-order chi connectivity index (χ1) is 72.5. The second-order valence-corrected chi connectivity index (χ2v) is 62.0. The summed E-state index contributed by atoms with van der Waals surface area (Å²) in [5.74, 6) is 0. The van der Waals surface area contributed by atoms with Crippen LogP contribution in [0.2, 0.25) is 26.2 Å². The molecule has 0 radical (unpaired) electrons. The predicted molar refractivity (Wildman–Crippen MR) is 642 cm³/mol. The number of hydrogen-bond acceptors (Lipinski definition) is 7. The van der Waals surface area contributed by atoms with E-state index in [-0.39, 0.29) is 24.6 Å². The molecule has 0 saturated carbocycles. The van der Waals surface area contributed by atoms with Crippen molar-refractivity contribution < 1.29 is 0 Å². The first kappa shape index (κ1) is 93.4. The summed E-state index contributed by atoms with van der Waals surface area (Å²) >= 11 is 3.87. The molecule has 0 atom stereocenters. The van der Waals surface area contributed by atoms with Gasteiger partial charge in [-0.15, -0.1) is 11.8 Å². The van der Waals surface area contributed by atoms with E-state index < -0.39 is 24.2 Å². The summed E-state index contributed by atoms with van der Waals surface area (Å²) in [6.07, 6.45) is 0. The first-order valence-electron chi connectivity index (χ1n) is 52.9. The maximum Gasteiger partial charge on any atom is 0.162 e. The van der Waals surface area contributed by atoms with Crippen LogP contribution in [0.15, 0.2) is 380 Å². The third-order valence-corrected chi connectivity index (χ3v) is 55.2. The van der Waals surface area contributed by atoms with Crippen LogP contribution in [0.4, 0.5) is 0 Å². The fourth-order valence-electron chi connectivity index (χ4n) is 28.2. The van der Waals surface area contributed by atoms with Gasteiger partial charge in [-0.3, -0.25) is 22.0 Å². The Morgan fingerprint density at radius 3 is 1.03 bits per heavy atom. The molecule has 10 aromatic heterocycles. The van der Waals surface area contributed by atoms with Gasteiger partial charge in [-0.1, -0.05) is 443 Å². The SMILES string of the molecule is Cc1nc2c3ccccc3c3c(C)ccc4c3n2c1C(C)(C)[Si]4(C)C.Cc1nc2c3ccccc3c3c(C)ccc4c3n2c1C(C)(C)[Si]4(c1ccccc1)c1ccccc1.Cc1nc2c3ccccc3c3c(C)ccc4c3n2c1C(c1ccccc1)(c1ccccc1)S4.Cc1nc2c3ccccc3c3c(C)ccc4c3n2c1[Si](C)(C)C4(C)C.Cc1nc2c3ccccc3c3cccc4c3n2c1SC4(c1ccccc1)c1ccccc1. The van der Waals surface area contributed by atoms with Crippen LogP contribution >= 0.6 is 23.5 Å². The average molecular weight is 2030 g/mol. The number of hydrogen-bond donors (Lipinski definition) is 0. The smallest absolute Gasteiger partial charge is 0.162 e. The van der Waals surface area contributed by atoms with E-state index in [2.05, 4.69) is 522 Å². The van der Waals surface area contributed by atoms with Crippen molar-refractivity contribution in [3.63, 3.8) is 0 Å². The normalized spacial score (nSPS) is 15.9. The molecule has 0 N–H and O–H groups in total. The van der Waals surface area contributed by atoms with Crippen LogP contribution in [0.25, 0.3) is 137 Å². The Morgan fingerprint density at radius 2 is 0.560 bits per heavy atom. The number of fused-ring (bicyclic) bond motifs is 15. The van der Waals surface area contributed by atoms with E-state index >= 15 is 0 Å². The zero-order chi connectivity index (χ0) is 103. The van der Waals surface area contributed by atoms with E-state index in [1.165, 1.54) is 223 Å². The maximum atomic E-state index is 5.26. The summed E-state index contributed by atoms with van der Waals surface area (Å²) in [5, 5.41) is 28.4. The highest BCUT2D eigenvalue weighted by atomic mass is 32.2. The predicted octanol–water partition coefficient (Wildman–Crippen LogP) is 30.6. The summed E-state index contributed by atoms with van der Waals surface area (Å²) in [5.41, 5.74) is 35.2. The van der Waals surface area contributed by atoms with Gasteiger partial charge >= 0.3 is 0 Å².